The summed E-state index contributed by atoms with van der Waals surface area (Å²) in [5.74, 6) is -0.479. The van der Waals surface area contributed by atoms with E-state index >= 15 is 0 Å². The highest BCUT2D eigenvalue weighted by Gasteiger charge is 2.26. The van der Waals surface area contributed by atoms with E-state index in [4.69, 9.17) is 0 Å². The molecule has 5 nitrogen and oxygen atoms in total. The fourth-order valence-corrected chi connectivity index (χ4v) is 2.83. The molecule has 3 rings (SSSR count). The molecule has 2 aromatic rings. The number of fused-ring (bicyclic) bond motifs is 1. The molecule has 2 heterocycles. The number of nitrogens with zero attached hydrogens (tertiary/aromatic N) is 1. The Kier molecular flexibility index (Phi) is 2.71. The molecule has 1 atom stereocenters. The van der Waals surface area contributed by atoms with Crippen molar-refractivity contribution in [3.63, 3.8) is 0 Å². The number of thiazole rings is 1. The van der Waals surface area contributed by atoms with Crippen LogP contribution in [0.3, 0.4) is 0 Å². The van der Waals surface area contributed by atoms with Crippen molar-refractivity contribution in [2.24, 2.45) is 0 Å². The van der Waals surface area contributed by atoms with Crippen LogP contribution in [0.25, 0.3) is 10.2 Å². The van der Waals surface area contributed by atoms with Crippen molar-refractivity contribution in [3.05, 3.63) is 24.3 Å². The first-order valence-corrected chi connectivity index (χ1v) is 6.50. The molecular weight excluding hydrogens is 250 g/mol. The Morgan fingerprint density at radius 1 is 1.33 bits per heavy atom. The number of benzene rings is 1. The van der Waals surface area contributed by atoms with Crippen LogP contribution in [0.1, 0.15) is 12.8 Å². The van der Waals surface area contributed by atoms with E-state index in [1.54, 1.807) is 0 Å². The molecule has 1 aromatic carbocycles. The molecule has 1 saturated heterocycles. The summed E-state index contributed by atoms with van der Waals surface area (Å²) in [7, 11) is 0. The average molecular weight is 261 g/mol. The maximum atomic E-state index is 11.6. The van der Waals surface area contributed by atoms with E-state index in [0.717, 1.165) is 10.2 Å². The second-order valence-electron chi connectivity index (χ2n) is 4.13. The molecule has 1 aliphatic heterocycles. The summed E-state index contributed by atoms with van der Waals surface area (Å²) in [5, 5.41) is 6.12. The van der Waals surface area contributed by atoms with Crippen molar-refractivity contribution in [2.45, 2.75) is 18.9 Å². The molecule has 2 N–H and O–H groups in total. The van der Waals surface area contributed by atoms with Gasteiger partial charge in [-0.1, -0.05) is 23.5 Å². The first-order valence-electron chi connectivity index (χ1n) is 5.68. The Balaban J connectivity index is 1.79. The van der Waals surface area contributed by atoms with Crippen LogP contribution in [0.4, 0.5) is 5.13 Å². The van der Waals surface area contributed by atoms with Crippen molar-refractivity contribution in [1.29, 1.82) is 0 Å². The molecule has 1 fully saturated rings. The van der Waals surface area contributed by atoms with Crippen LogP contribution in [0.5, 0.6) is 0 Å². The predicted octanol–water partition coefficient (Wildman–Crippen LogP) is 1.51. The minimum atomic E-state index is -0.372. The van der Waals surface area contributed by atoms with Gasteiger partial charge in [-0.05, 0) is 18.6 Å². The first kappa shape index (κ1) is 11.2. The third-order valence-electron chi connectivity index (χ3n) is 2.83. The molecule has 92 valence electrons. The average Bonchev–Trinajstić information content (AvgIpc) is 2.75. The van der Waals surface area contributed by atoms with Gasteiger partial charge in [0.2, 0.25) is 11.8 Å². The Bertz CT molecular complexity index is 590. The molecule has 0 spiro atoms. The Morgan fingerprint density at radius 2 is 2.17 bits per heavy atom. The van der Waals surface area contributed by atoms with Gasteiger partial charge in [0.25, 0.3) is 0 Å². The minimum absolute atomic E-state index is 0.206. The second-order valence-corrected chi connectivity index (χ2v) is 5.17. The fourth-order valence-electron chi connectivity index (χ4n) is 1.91. The summed E-state index contributed by atoms with van der Waals surface area (Å²) in [6.07, 6.45) is 0.884. The quantitative estimate of drug-likeness (QED) is 0.804. The number of hydrogen-bond acceptors (Lipinski definition) is 5. The van der Waals surface area contributed by atoms with Crippen molar-refractivity contribution in [2.75, 3.05) is 5.32 Å². The van der Waals surface area contributed by atoms with E-state index in [1.807, 2.05) is 24.3 Å². The zero-order valence-electron chi connectivity index (χ0n) is 9.47. The number of nitrogens with one attached hydrogen (secondary N) is 2. The topological polar surface area (TPSA) is 71.1 Å². The predicted molar refractivity (Wildman–Crippen MR) is 69.4 cm³/mol. The van der Waals surface area contributed by atoms with Crippen LogP contribution < -0.4 is 10.6 Å². The first-order chi connectivity index (χ1) is 8.72. The number of amides is 2. The molecule has 0 radical (unpaired) electrons. The zero-order valence-corrected chi connectivity index (χ0v) is 10.3. The highest BCUT2D eigenvalue weighted by Crippen LogP contribution is 2.26. The normalized spacial score (nSPS) is 19.9. The van der Waals surface area contributed by atoms with E-state index in [9.17, 15) is 9.59 Å². The van der Waals surface area contributed by atoms with Crippen molar-refractivity contribution in [3.8, 4) is 0 Å². The van der Waals surface area contributed by atoms with E-state index in [-0.39, 0.29) is 17.9 Å². The molecule has 0 aliphatic carbocycles. The number of aromatic nitrogens is 1. The summed E-state index contributed by atoms with van der Waals surface area (Å²) in [6.45, 7) is 0. The number of hydrogen-bond donors (Lipinski definition) is 2. The van der Waals surface area contributed by atoms with Crippen molar-refractivity contribution >= 4 is 38.5 Å². The van der Waals surface area contributed by atoms with E-state index in [2.05, 4.69) is 15.6 Å². The number of piperidine rings is 1. The van der Waals surface area contributed by atoms with Gasteiger partial charge in [-0.2, -0.15) is 0 Å². The Hall–Kier alpha value is -1.95. The largest absolute Gasteiger partial charge is 0.350 e. The summed E-state index contributed by atoms with van der Waals surface area (Å²) in [4.78, 5) is 27.0. The molecule has 0 saturated carbocycles. The van der Waals surface area contributed by atoms with Gasteiger partial charge in [0.15, 0.2) is 5.13 Å². The number of carbonyl (C=O) groups excluding carboxylic acids is 2. The van der Waals surface area contributed by atoms with E-state index in [1.165, 1.54) is 11.3 Å². The lowest BCUT2D eigenvalue weighted by atomic mass is 10.1. The highest BCUT2D eigenvalue weighted by molar-refractivity contribution is 7.22. The van der Waals surface area contributed by atoms with Crippen LogP contribution in [0.15, 0.2) is 24.3 Å². The molecule has 18 heavy (non-hydrogen) atoms. The van der Waals surface area contributed by atoms with Crippen molar-refractivity contribution < 1.29 is 9.59 Å². The molecule has 1 aliphatic rings. The van der Waals surface area contributed by atoms with Crippen LogP contribution >= 0.6 is 11.3 Å². The summed E-state index contributed by atoms with van der Waals surface area (Å²) in [5.41, 5.74) is 0.914. The van der Waals surface area contributed by atoms with E-state index in [0.29, 0.717) is 18.0 Å². The smallest absolute Gasteiger partial charge is 0.249 e. The van der Waals surface area contributed by atoms with Gasteiger partial charge in [-0.3, -0.25) is 14.9 Å². The van der Waals surface area contributed by atoms with Crippen LogP contribution in [-0.4, -0.2) is 22.8 Å². The van der Waals surface area contributed by atoms with Crippen LogP contribution in [0, 0.1) is 0 Å². The van der Waals surface area contributed by atoms with Gasteiger partial charge < -0.3 is 5.32 Å². The van der Waals surface area contributed by atoms with Gasteiger partial charge in [-0.15, -0.1) is 0 Å². The SMILES string of the molecule is O=C1CCC(Nc2nc3ccccc3s2)C(=O)N1. The number of anilines is 1. The molecular formula is C12H11N3O2S. The van der Waals surface area contributed by atoms with Crippen molar-refractivity contribution in [1.82, 2.24) is 10.3 Å². The van der Waals surface area contributed by atoms with Gasteiger partial charge in [0.05, 0.1) is 10.2 Å². The van der Waals surface area contributed by atoms with Gasteiger partial charge in [0.1, 0.15) is 6.04 Å². The Morgan fingerprint density at radius 3 is 2.94 bits per heavy atom. The maximum absolute atomic E-state index is 11.6. The monoisotopic (exact) mass is 261 g/mol. The Labute approximate surface area is 107 Å². The second kappa shape index (κ2) is 4.38. The lowest BCUT2D eigenvalue weighted by molar-refractivity contribution is -0.133. The zero-order chi connectivity index (χ0) is 12.5. The number of para-hydroxylation sites is 1. The third kappa shape index (κ3) is 2.06. The number of carbonyl (C=O) groups is 2. The maximum Gasteiger partial charge on any atom is 0.249 e. The number of imide groups is 1. The summed E-state index contributed by atoms with van der Waals surface area (Å²) in [6, 6.07) is 7.43. The standard InChI is InChI=1S/C12H11N3O2S/c16-10-6-5-8(11(17)15-10)14-12-13-7-3-1-2-4-9(7)18-12/h1-4,8H,5-6H2,(H,13,14)(H,15,16,17). The van der Waals surface area contributed by atoms with Crippen LogP contribution in [-0.2, 0) is 9.59 Å². The molecule has 1 unspecified atom stereocenters. The minimum Gasteiger partial charge on any atom is -0.350 e. The molecule has 6 heteroatoms. The number of rotatable bonds is 2. The fraction of sp³-hybridized carbons (Fsp3) is 0.250. The van der Waals surface area contributed by atoms with E-state index < -0.39 is 0 Å². The molecule has 1 aromatic heterocycles. The summed E-state index contributed by atoms with van der Waals surface area (Å²) >= 11 is 1.51. The van der Waals surface area contributed by atoms with Gasteiger partial charge in [0, 0.05) is 6.42 Å². The van der Waals surface area contributed by atoms with Crippen LogP contribution in [0.2, 0.25) is 0 Å². The molecule has 0 bridgehead atoms. The molecule has 2 amide bonds. The lowest BCUT2D eigenvalue weighted by Crippen LogP contribution is -2.47. The van der Waals surface area contributed by atoms with Gasteiger partial charge >= 0.3 is 0 Å². The lowest BCUT2D eigenvalue weighted by Gasteiger charge is -2.21. The highest BCUT2D eigenvalue weighted by atomic mass is 32.1. The summed E-state index contributed by atoms with van der Waals surface area (Å²) < 4.78 is 1.08. The third-order valence-corrected chi connectivity index (χ3v) is 3.80. The van der Waals surface area contributed by atoms with Gasteiger partial charge in [-0.25, -0.2) is 4.98 Å².